The summed E-state index contributed by atoms with van der Waals surface area (Å²) in [6.07, 6.45) is 10.2. The second-order valence-corrected chi connectivity index (χ2v) is 26.3. The first-order chi connectivity index (χ1) is 25.2. The van der Waals surface area contributed by atoms with Crippen molar-refractivity contribution in [3.63, 3.8) is 0 Å². The van der Waals surface area contributed by atoms with Crippen LogP contribution in [0.25, 0.3) is 22.3 Å². The molecule has 0 aliphatic heterocycles. The van der Waals surface area contributed by atoms with Gasteiger partial charge in [-0.15, -0.1) is 0 Å². The fourth-order valence-electron chi connectivity index (χ4n) is 10.2. The fraction of sp³-hybridized carbons (Fsp3) is 0.377. The molecule has 0 spiro atoms. The molecule has 0 N–H and O–H groups in total. The third-order valence-electron chi connectivity index (χ3n) is 13.0. The summed E-state index contributed by atoms with van der Waals surface area (Å²) in [5.74, 6) is 0.425. The average Bonchev–Trinajstić information content (AvgIpc) is 3.73. The minimum atomic E-state index is -2.99. The third kappa shape index (κ3) is 7.05. The quantitative estimate of drug-likeness (QED) is 0.195. The number of allylic oxidation sites excluding steroid dienone is 8. The number of benzene rings is 4. The number of rotatable bonds is 4. The van der Waals surface area contributed by atoms with Gasteiger partial charge in [-0.05, 0) is 0 Å². The van der Waals surface area contributed by atoms with Crippen LogP contribution in [0.3, 0.4) is 0 Å². The van der Waals surface area contributed by atoms with E-state index in [0.29, 0.717) is 9.54 Å². The van der Waals surface area contributed by atoms with Crippen molar-refractivity contribution in [3.8, 4) is 11.1 Å². The van der Waals surface area contributed by atoms with Crippen LogP contribution in [0.2, 0.25) is 0 Å². The predicted molar refractivity (Wildman–Crippen MR) is 232 cm³/mol. The fourth-order valence-corrected chi connectivity index (χ4v) is 19.8. The number of fused-ring (bicyclic) bond motifs is 5. The minimum Gasteiger partial charge on any atom is -1.00 e. The van der Waals surface area contributed by atoms with Crippen LogP contribution in [-0.2, 0) is 42.9 Å². The van der Waals surface area contributed by atoms with Crippen molar-refractivity contribution in [3.05, 3.63) is 162 Å². The van der Waals surface area contributed by atoms with Crippen LogP contribution in [-0.4, -0.2) is 3.21 Å². The monoisotopic (exact) mass is 856 g/mol. The van der Waals surface area contributed by atoms with Gasteiger partial charge in [-0.25, -0.2) is 0 Å². The molecule has 290 valence electrons. The Hall–Kier alpha value is -2.83. The zero-order valence-electron chi connectivity index (χ0n) is 36.1. The summed E-state index contributed by atoms with van der Waals surface area (Å²) in [5, 5.41) is 0. The molecule has 0 nitrogen and oxygen atoms in total. The SMILES string of the molecule is CC1=CC(C)[C]([Zr+2](=[C](c2ccc(C(C)(C)C)cc2)c2ccc(C(C)(C)C)cc2)[CH]2c3cc4c(cc3-c3cc5c(cc32)C(C)(C)C=C5C)C(C)=CC4(C)C)=C1.[Cl-].[Cl-]. The van der Waals surface area contributed by atoms with E-state index in [-0.39, 0.29) is 46.5 Å². The Kier molecular flexibility index (Phi) is 11.1. The summed E-state index contributed by atoms with van der Waals surface area (Å²) in [4.78, 5) is 0. The van der Waals surface area contributed by atoms with Gasteiger partial charge in [-0.3, -0.25) is 0 Å². The summed E-state index contributed by atoms with van der Waals surface area (Å²) in [7, 11) is 0. The zero-order chi connectivity index (χ0) is 38.9. The molecule has 0 saturated heterocycles. The van der Waals surface area contributed by atoms with E-state index in [0.717, 1.165) is 0 Å². The van der Waals surface area contributed by atoms with E-state index in [1.165, 1.54) is 72.4 Å². The molecule has 0 amide bonds. The molecule has 1 atom stereocenters. The van der Waals surface area contributed by atoms with Gasteiger partial charge in [0, 0.05) is 0 Å². The van der Waals surface area contributed by atoms with E-state index in [9.17, 15) is 0 Å². The molecule has 4 aromatic carbocycles. The topological polar surface area (TPSA) is 0 Å². The summed E-state index contributed by atoms with van der Waals surface area (Å²) in [6.45, 7) is 33.1. The molecule has 4 aliphatic rings. The van der Waals surface area contributed by atoms with Gasteiger partial charge in [0.25, 0.3) is 0 Å². The van der Waals surface area contributed by atoms with E-state index in [4.69, 9.17) is 0 Å². The van der Waals surface area contributed by atoms with Crippen LogP contribution >= 0.6 is 0 Å². The molecule has 4 aromatic rings. The molecule has 56 heavy (non-hydrogen) atoms. The van der Waals surface area contributed by atoms with Crippen molar-refractivity contribution in [1.29, 1.82) is 0 Å². The maximum absolute atomic E-state index is 2.99. The molecule has 0 saturated carbocycles. The number of hydrogen-bond acceptors (Lipinski definition) is 0. The first-order valence-corrected chi connectivity index (χ1v) is 24.2. The molecule has 0 aromatic heterocycles. The standard InChI is InChI=1S/C25H25.C21H26.C7H9.2ClH.Zr/c1-14-12-24(3,4)22-8-16-7-17-9-23-19(15(2)13-25(23,5)6)11-21(17)20(16)10-18(14)22;1-20(2,3)18-11-7-16(8-12-18)15-17-9-13-19(14-10-17)21(4,5)6;1-6-3-4-7(2)5-6;;;/h7-13H,1-6H3;7-14H,1-6H3;3,5,7H,1-2H3;2*1H;/q;;;;;+2/p-2. The van der Waals surface area contributed by atoms with Crippen molar-refractivity contribution >= 4 is 14.4 Å². The molecule has 8 rings (SSSR count). The molecule has 3 heteroatoms. The Balaban J connectivity index is 0.00000266. The van der Waals surface area contributed by atoms with E-state index in [1.54, 1.807) is 17.6 Å². The molecule has 1 unspecified atom stereocenters. The average molecular weight is 859 g/mol. The number of hydrogen-bond donors (Lipinski definition) is 0. The van der Waals surface area contributed by atoms with Gasteiger partial charge in [-0.1, -0.05) is 0 Å². The van der Waals surface area contributed by atoms with Crippen LogP contribution in [0, 0.1) is 5.92 Å². The first kappa shape index (κ1) is 42.8. The van der Waals surface area contributed by atoms with Gasteiger partial charge >= 0.3 is 336 Å². The molecular formula is C53H60Cl2Zr. The summed E-state index contributed by atoms with van der Waals surface area (Å²) in [6, 6.07) is 30.1. The van der Waals surface area contributed by atoms with Crippen LogP contribution < -0.4 is 24.8 Å². The molecule has 4 aliphatic carbocycles. The molecule has 0 bridgehead atoms. The normalized spacial score (nSPS) is 18.6. The smallest absolute Gasteiger partial charge is 1.00 e. The largest absolute Gasteiger partial charge is 1.00 e. The van der Waals surface area contributed by atoms with Gasteiger partial charge in [-0.2, -0.15) is 0 Å². The van der Waals surface area contributed by atoms with Crippen molar-refractivity contribution in [1.82, 2.24) is 0 Å². The molecule has 0 fully saturated rings. The van der Waals surface area contributed by atoms with Crippen LogP contribution in [0.1, 0.15) is 156 Å². The summed E-state index contributed by atoms with van der Waals surface area (Å²) < 4.78 is 3.71. The zero-order valence-corrected chi connectivity index (χ0v) is 40.1. The van der Waals surface area contributed by atoms with Crippen molar-refractivity contribution in [2.24, 2.45) is 5.92 Å². The van der Waals surface area contributed by atoms with Gasteiger partial charge in [0.15, 0.2) is 0 Å². The second kappa shape index (κ2) is 14.5. The Morgan fingerprint density at radius 1 is 0.571 bits per heavy atom. The predicted octanol–water partition coefficient (Wildman–Crippen LogP) is 8.12. The van der Waals surface area contributed by atoms with Gasteiger partial charge < -0.3 is 24.8 Å². The molecule has 0 heterocycles. The summed E-state index contributed by atoms with van der Waals surface area (Å²) >= 11 is -2.99. The van der Waals surface area contributed by atoms with Crippen LogP contribution in [0.5, 0.6) is 0 Å². The van der Waals surface area contributed by atoms with E-state index >= 15 is 0 Å². The molecule has 0 radical (unpaired) electrons. The summed E-state index contributed by atoms with van der Waals surface area (Å²) in [5.41, 5.74) is 22.0. The Labute approximate surface area is 358 Å². The second-order valence-electron chi connectivity index (χ2n) is 20.2. The first-order valence-electron chi connectivity index (χ1n) is 20.3. The third-order valence-corrected chi connectivity index (χ3v) is 21.7. The van der Waals surface area contributed by atoms with Crippen LogP contribution in [0.15, 0.2) is 106 Å². The Morgan fingerprint density at radius 2 is 0.964 bits per heavy atom. The van der Waals surface area contributed by atoms with Crippen molar-refractivity contribution in [2.75, 3.05) is 0 Å². The van der Waals surface area contributed by atoms with Crippen molar-refractivity contribution < 1.29 is 46.1 Å². The maximum Gasteiger partial charge on any atom is -1.00 e. The Morgan fingerprint density at radius 3 is 1.30 bits per heavy atom. The van der Waals surface area contributed by atoms with Gasteiger partial charge in [0.05, 0.1) is 0 Å². The Bertz CT molecular complexity index is 2260. The minimum absolute atomic E-state index is 0. The van der Waals surface area contributed by atoms with E-state index in [1.807, 2.05) is 0 Å². The molecular weight excluding hydrogens is 799 g/mol. The van der Waals surface area contributed by atoms with Gasteiger partial charge in [0.1, 0.15) is 0 Å². The number of halogens is 2. The maximum atomic E-state index is 2.69. The van der Waals surface area contributed by atoms with E-state index in [2.05, 4.69) is 194 Å². The van der Waals surface area contributed by atoms with Gasteiger partial charge in [0.2, 0.25) is 0 Å². The van der Waals surface area contributed by atoms with Crippen molar-refractivity contribution in [2.45, 2.75) is 122 Å². The van der Waals surface area contributed by atoms with Crippen LogP contribution in [0.4, 0.5) is 0 Å². The van der Waals surface area contributed by atoms with E-state index < -0.39 is 21.3 Å².